The molecule has 0 amide bonds. The van der Waals surface area contributed by atoms with Crippen LogP contribution in [0.2, 0.25) is 0 Å². The van der Waals surface area contributed by atoms with E-state index in [4.69, 9.17) is 0 Å². The standard InChI is InChI=1S/C24H25N2/c1-24(2)20-12-6-8-14-22(20)26(4)23(24)15-9-11-19-17-16-18-10-5-7-13-21(18)25(19)3/h5-17H,1-4H3/q+1. The lowest BCUT2D eigenvalue weighted by Gasteiger charge is -2.23. The molecule has 0 spiro atoms. The van der Waals surface area contributed by atoms with E-state index < -0.39 is 0 Å². The van der Waals surface area contributed by atoms with Gasteiger partial charge in [-0.1, -0.05) is 50.3 Å². The Morgan fingerprint density at radius 1 is 0.923 bits per heavy atom. The molecule has 0 unspecified atom stereocenters. The molecule has 1 aromatic heterocycles. The minimum Gasteiger partial charge on any atom is -0.347 e. The molecule has 2 aromatic carbocycles. The first kappa shape index (κ1) is 16.6. The SMILES string of the molecule is CN1C(=CC=Cc2ccc3ccccc3[n+]2C)C(C)(C)c2ccccc21. The van der Waals surface area contributed by atoms with E-state index in [0.717, 1.165) is 0 Å². The molecule has 1 aliphatic rings. The van der Waals surface area contributed by atoms with Crippen molar-refractivity contribution in [1.82, 2.24) is 0 Å². The van der Waals surface area contributed by atoms with E-state index in [0.29, 0.717) is 0 Å². The second-order valence-electron chi connectivity index (χ2n) is 7.49. The third kappa shape index (κ3) is 2.53. The molecule has 0 saturated heterocycles. The minimum atomic E-state index is 0.0151. The zero-order valence-corrected chi connectivity index (χ0v) is 15.9. The number of likely N-dealkylation sites (N-methyl/N-ethyl adjacent to an activating group) is 1. The summed E-state index contributed by atoms with van der Waals surface area (Å²) in [6, 6.07) is 21.5. The van der Waals surface area contributed by atoms with Crippen molar-refractivity contribution in [1.29, 1.82) is 0 Å². The molecular weight excluding hydrogens is 316 g/mol. The van der Waals surface area contributed by atoms with Gasteiger partial charge in [0.1, 0.15) is 7.05 Å². The maximum atomic E-state index is 2.31. The maximum absolute atomic E-state index is 2.31. The topological polar surface area (TPSA) is 7.12 Å². The summed E-state index contributed by atoms with van der Waals surface area (Å²) in [4.78, 5) is 2.31. The van der Waals surface area contributed by atoms with Gasteiger partial charge in [0, 0.05) is 47.4 Å². The number of fused-ring (bicyclic) bond motifs is 2. The van der Waals surface area contributed by atoms with Gasteiger partial charge >= 0.3 is 0 Å². The third-order valence-electron chi connectivity index (χ3n) is 5.58. The molecule has 2 nitrogen and oxygen atoms in total. The molecule has 1 aliphatic heterocycles. The van der Waals surface area contributed by atoms with Crippen molar-refractivity contribution in [3.05, 3.63) is 89.8 Å². The molecule has 2 heterocycles. The third-order valence-corrected chi connectivity index (χ3v) is 5.58. The van der Waals surface area contributed by atoms with Gasteiger partial charge in [-0.2, -0.15) is 4.57 Å². The van der Waals surface area contributed by atoms with Crippen LogP contribution < -0.4 is 9.47 Å². The normalized spacial score (nSPS) is 17.4. The number of rotatable bonds is 2. The van der Waals surface area contributed by atoms with Gasteiger partial charge in [0.25, 0.3) is 0 Å². The lowest BCUT2D eigenvalue weighted by molar-refractivity contribution is -0.646. The molecule has 0 aliphatic carbocycles. The highest BCUT2D eigenvalue weighted by molar-refractivity contribution is 5.76. The first-order chi connectivity index (χ1) is 12.5. The van der Waals surface area contributed by atoms with Gasteiger partial charge in [0.15, 0.2) is 0 Å². The van der Waals surface area contributed by atoms with Crippen molar-refractivity contribution in [2.45, 2.75) is 19.3 Å². The zero-order chi connectivity index (χ0) is 18.3. The van der Waals surface area contributed by atoms with Crippen LogP contribution in [0.4, 0.5) is 5.69 Å². The zero-order valence-electron chi connectivity index (χ0n) is 15.9. The van der Waals surface area contributed by atoms with Gasteiger partial charge in [0.05, 0.1) is 0 Å². The highest BCUT2D eigenvalue weighted by atomic mass is 15.2. The number of allylic oxidation sites excluding steroid dienone is 3. The molecular formula is C24H25N2+. The summed E-state index contributed by atoms with van der Waals surface area (Å²) < 4.78 is 2.24. The van der Waals surface area contributed by atoms with E-state index in [1.807, 2.05) is 0 Å². The van der Waals surface area contributed by atoms with Gasteiger partial charge in [-0.15, -0.1) is 0 Å². The fourth-order valence-corrected chi connectivity index (χ4v) is 4.07. The lowest BCUT2D eigenvalue weighted by Crippen LogP contribution is -2.32. The summed E-state index contributed by atoms with van der Waals surface area (Å²) in [5.41, 5.74) is 6.45. The largest absolute Gasteiger partial charge is 0.347 e. The first-order valence-corrected chi connectivity index (χ1v) is 9.10. The number of pyridine rings is 1. The van der Waals surface area contributed by atoms with Crippen LogP contribution in [0.1, 0.15) is 25.1 Å². The van der Waals surface area contributed by atoms with E-state index in [1.165, 1.54) is 33.5 Å². The Morgan fingerprint density at radius 2 is 1.65 bits per heavy atom. The maximum Gasteiger partial charge on any atom is 0.212 e. The highest BCUT2D eigenvalue weighted by Gasteiger charge is 2.37. The average Bonchev–Trinajstić information content (AvgIpc) is 2.84. The Bertz CT molecular complexity index is 1040. The first-order valence-electron chi connectivity index (χ1n) is 9.10. The smallest absolute Gasteiger partial charge is 0.212 e. The summed E-state index contributed by atoms with van der Waals surface area (Å²) in [5, 5.41) is 1.26. The predicted molar refractivity (Wildman–Crippen MR) is 110 cm³/mol. The fourth-order valence-electron chi connectivity index (χ4n) is 4.07. The fraction of sp³-hybridized carbons (Fsp3) is 0.208. The number of aromatic nitrogens is 1. The van der Waals surface area contributed by atoms with Gasteiger partial charge < -0.3 is 4.90 Å². The molecule has 0 saturated carbocycles. The van der Waals surface area contributed by atoms with Crippen LogP contribution in [-0.4, -0.2) is 7.05 Å². The van der Waals surface area contributed by atoms with Crippen molar-refractivity contribution < 1.29 is 4.57 Å². The molecule has 26 heavy (non-hydrogen) atoms. The molecule has 3 aromatic rings. The van der Waals surface area contributed by atoms with Crippen molar-refractivity contribution in [2.75, 3.05) is 11.9 Å². The average molecular weight is 341 g/mol. The summed E-state index contributed by atoms with van der Waals surface area (Å²) in [6.45, 7) is 4.59. The second kappa shape index (κ2) is 6.14. The van der Waals surface area contributed by atoms with Crippen LogP contribution in [0.15, 0.2) is 78.5 Å². The van der Waals surface area contributed by atoms with Crippen LogP contribution in [0.5, 0.6) is 0 Å². The quantitative estimate of drug-likeness (QED) is 0.596. The molecule has 0 N–H and O–H groups in total. The van der Waals surface area contributed by atoms with Crippen molar-refractivity contribution in [3.63, 3.8) is 0 Å². The number of anilines is 1. The lowest BCUT2D eigenvalue weighted by atomic mass is 9.84. The van der Waals surface area contributed by atoms with Crippen LogP contribution in [0, 0.1) is 0 Å². The monoisotopic (exact) mass is 341 g/mol. The Balaban J connectivity index is 1.70. The molecule has 2 heteroatoms. The van der Waals surface area contributed by atoms with E-state index in [2.05, 4.69) is 116 Å². The minimum absolute atomic E-state index is 0.0151. The Hall–Kier alpha value is -2.87. The van der Waals surface area contributed by atoms with Gasteiger partial charge in [-0.3, -0.25) is 0 Å². The van der Waals surface area contributed by atoms with E-state index >= 15 is 0 Å². The number of aryl methyl sites for hydroxylation is 1. The molecule has 0 bridgehead atoms. The summed E-state index contributed by atoms with van der Waals surface area (Å²) in [7, 11) is 4.28. The highest BCUT2D eigenvalue weighted by Crippen LogP contribution is 2.46. The van der Waals surface area contributed by atoms with E-state index in [-0.39, 0.29) is 5.41 Å². The Kier molecular flexibility index (Phi) is 3.91. The van der Waals surface area contributed by atoms with Crippen LogP contribution >= 0.6 is 0 Å². The molecule has 0 atom stereocenters. The molecule has 0 fully saturated rings. The van der Waals surface area contributed by atoms with Crippen molar-refractivity contribution in [3.8, 4) is 0 Å². The number of hydrogen-bond acceptors (Lipinski definition) is 1. The summed E-state index contributed by atoms with van der Waals surface area (Å²) in [6.07, 6.45) is 6.60. The Labute approximate surface area is 155 Å². The Morgan fingerprint density at radius 3 is 2.46 bits per heavy atom. The summed E-state index contributed by atoms with van der Waals surface area (Å²) in [5.74, 6) is 0. The van der Waals surface area contributed by atoms with Gasteiger partial charge in [0.2, 0.25) is 11.2 Å². The van der Waals surface area contributed by atoms with Crippen LogP contribution in [0.25, 0.3) is 17.0 Å². The predicted octanol–water partition coefficient (Wildman–Crippen LogP) is 4.99. The number of nitrogens with zero attached hydrogens (tertiary/aromatic N) is 2. The van der Waals surface area contributed by atoms with Gasteiger partial charge in [-0.25, -0.2) is 0 Å². The van der Waals surface area contributed by atoms with E-state index in [9.17, 15) is 0 Å². The molecule has 0 radical (unpaired) electrons. The van der Waals surface area contributed by atoms with Gasteiger partial charge in [-0.05, 0) is 29.8 Å². The van der Waals surface area contributed by atoms with E-state index in [1.54, 1.807) is 0 Å². The molecule has 4 rings (SSSR count). The summed E-state index contributed by atoms with van der Waals surface area (Å²) >= 11 is 0. The molecule has 130 valence electrons. The second-order valence-corrected chi connectivity index (χ2v) is 7.49. The number of para-hydroxylation sites is 2. The van der Waals surface area contributed by atoms with Crippen LogP contribution in [-0.2, 0) is 12.5 Å². The van der Waals surface area contributed by atoms with Crippen molar-refractivity contribution in [2.24, 2.45) is 7.05 Å². The number of benzene rings is 2. The number of hydrogen-bond donors (Lipinski definition) is 0. The van der Waals surface area contributed by atoms with Crippen molar-refractivity contribution >= 4 is 22.7 Å². The van der Waals surface area contributed by atoms with Crippen LogP contribution in [0.3, 0.4) is 0 Å².